The summed E-state index contributed by atoms with van der Waals surface area (Å²) < 4.78 is 11.1. The molecular weight excluding hydrogens is 282 g/mol. The zero-order valence-corrected chi connectivity index (χ0v) is 13.1. The lowest BCUT2D eigenvalue weighted by Crippen LogP contribution is -2.32. The Labute approximate surface area is 131 Å². The summed E-state index contributed by atoms with van der Waals surface area (Å²) in [5.74, 6) is 0.775. The van der Waals surface area contributed by atoms with Crippen LogP contribution in [0, 0.1) is 0 Å². The average Bonchev–Trinajstić information content (AvgIpc) is 2.56. The highest BCUT2D eigenvalue weighted by Gasteiger charge is 2.26. The number of nitrogens with zero attached hydrogens (tertiary/aromatic N) is 1. The molecule has 1 aliphatic rings. The van der Waals surface area contributed by atoms with Gasteiger partial charge in [-0.05, 0) is 25.8 Å². The predicted molar refractivity (Wildman–Crippen MR) is 83.0 cm³/mol. The van der Waals surface area contributed by atoms with Crippen molar-refractivity contribution in [1.82, 2.24) is 4.90 Å². The van der Waals surface area contributed by atoms with Crippen molar-refractivity contribution in [2.24, 2.45) is 0 Å². The van der Waals surface area contributed by atoms with E-state index in [-0.39, 0.29) is 0 Å². The quantitative estimate of drug-likeness (QED) is 0.907. The molecule has 1 atom stereocenters. The topological polar surface area (TPSA) is 59.0 Å². The number of hydrogen-bond donors (Lipinski definition) is 1. The largest absolute Gasteiger partial charge is 0.491 e. The third kappa shape index (κ3) is 3.80. The van der Waals surface area contributed by atoms with E-state index in [4.69, 9.17) is 9.47 Å². The molecule has 0 spiro atoms. The maximum atomic E-state index is 12.1. The number of aliphatic hydroxyl groups excluding tert-OH is 1. The van der Waals surface area contributed by atoms with Gasteiger partial charge in [-0.1, -0.05) is 30.3 Å². The molecule has 0 saturated carbocycles. The fourth-order valence-electron chi connectivity index (χ4n) is 2.39. The Morgan fingerprint density at radius 1 is 1.32 bits per heavy atom. The molecule has 1 heterocycles. The molecule has 1 aliphatic heterocycles. The van der Waals surface area contributed by atoms with E-state index >= 15 is 0 Å². The third-order valence-electron chi connectivity index (χ3n) is 3.68. The molecule has 5 heteroatoms. The van der Waals surface area contributed by atoms with Crippen molar-refractivity contribution in [2.45, 2.75) is 32.8 Å². The monoisotopic (exact) mass is 305 g/mol. The first kappa shape index (κ1) is 16.4. The van der Waals surface area contributed by atoms with E-state index in [2.05, 4.69) is 0 Å². The minimum absolute atomic E-state index is 0.345. The number of allylic oxidation sites excluding steroid dienone is 1. The number of carbonyl (C=O) groups is 1. The first-order valence-corrected chi connectivity index (χ1v) is 7.73. The Bertz CT molecular complexity index is 523. The molecule has 22 heavy (non-hydrogen) atoms. The van der Waals surface area contributed by atoms with E-state index in [0.717, 1.165) is 12.0 Å². The van der Waals surface area contributed by atoms with E-state index in [9.17, 15) is 9.90 Å². The number of carbonyl (C=O) groups excluding carboxylic acids is 1. The first-order valence-electron chi connectivity index (χ1n) is 7.73. The Kier molecular flexibility index (Phi) is 5.83. The van der Waals surface area contributed by atoms with Crippen LogP contribution in [0.5, 0.6) is 0 Å². The second-order valence-corrected chi connectivity index (χ2v) is 5.09. The van der Waals surface area contributed by atoms with Crippen LogP contribution in [0.4, 0.5) is 4.79 Å². The van der Waals surface area contributed by atoms with Crippen LogP contribution < -0.4 is 0 Å². The lowest BCUT2D eigenvalue weighted by atomic mass is 10.0. The summed E-state index contributed by atoms with van der Waals surface area (Å²) in [6.07, 6.45) is 0.0437. The van der Waals surface area contributed by atoms with E-state index in [1.54, 1.807) is 4.90 Å². The van der Waals surface area contributed by atoms with Gasteiger partial charge in [-0.3, -0.25) is 0 Å². The Morgan fingerprint density at radius 3 is 2.64 bits per heavy atom. The molecule has 0 aliphatic carbocycles. The Balaban J connectivity index is 2.21. The highest BCUT2D eigenvalue weighted by Crippen LogP contribution is 2.31. The van der Waals surface area contributed by atoms with Gasteiger partial charge in [0.2, 0.25) is 0 Å². The Morgan fingerprint density at radius 2 is 2.00 bits per heavy atom. The van der Waals surface area contributed by atoms with Gasteiger partial charge in [0.15, 0.2) is 11.5 Å². The molecule has 2 rings (SSSR count). The van der Waals surface area contributed by atoms with Crippen LogP contribution >= 0.6 is 0 Å². The van der Waals surface area contributed by atoms with E-state index in [0.29, 0.717) is 37.6 Å². The molecule has 0 aromatic heterocycles. The van der Waals surface area contributed by atoms with Crippen molar-refractivity contribution in [3.05, 3.63) is 47.4 Å². The Hall–Kier alpha value is -2.01. The van der Waals surface area contributed by atoms with Gasteiger partial charge < -0.3 is 19.5 Å². The van der Waals surface area contributed by atoms with Gasteiger partial charge in [-0.25, -0.2) is 4.79 Å². The number of aliphatic hydroxyl groups is 1. The second-order valence-electron chi connectivity index (χ2n) is 5.09. The maximum Gasteiger partial charge on any atom is 0.415 e. The van der Waals surface area contributed by atoms with Crippen LogP contribution in [0.25, 0.3) is 0 Å². The highest BCUT2D eigenvalue weighted by atomic mass is 16.6. The summed E-state index contributed by atoms with van der Waals surface area (Å²) in [5.41, 5.74) is 0.718. The third-order valence-corrected chi connectivity index (χ3v) is 3.68. The predicted octanol–water partition coefficient (Wildman–Crippen LogP) is 3.22. The molecule has 5 nitrogen and oxygen atoms in total. The van der Waals surface area contributed by atoms with Crippen LogP contribution in [0.3, 0.4) is 0 Å². The van der Waals surface area contributed by atoms with Crippen molar-refractivity contribution < 1.29 is 19.4 Å². The molecule has 120 valence electrons. The summed E-state index contributed by atoms with van der Waals surface area (Å²) in [6, 6.07) is 9.22. The lowest BCUT2D eigenvalue weighted by Gasteiger charge is -2.26. The number of hydrogen-bond acceptors (Lipinski definition) is 4. The minimum Gasteiger partial charge on any atom is -0.491 e. The summed E-state index contributed by atoms with van der Waals surface area (Å²) in [7, 11) is 0. The van der Waals surface area contributed by atoms with Crippen molar-refractivity contribution in [2.75, 3.05) is 19.7 Å². The molecule has 0 fully saturated rings. The van der Waals surface area contributed by atoms with Crippen molar-refractivity contribution in [1.29, 1.82) is 0 Å². The van der Waals surface area contributed by atoms with E-state index < -0.39 is 12.2 Å². The van der Waals surface area contributed by atoms with E-state index in [1.165, 1.54) is 0 Å². The van der Waals surface area contributed by atoms with Crippen molar-refractivity contribution >= 4 is 6.09 Å². The molecule has 0 radical (unpaired) electrons. The lowest BCUT2D eigenvalue weighted by molar-refractivity contribution is 0.0580. The van der Waals surface area contributed by atoms with Crippen LogP contribution in [0.15, 0.2) is 41.9 Å². The molecule has 1 aromatic rings. The molecule has 1 amide bonds. The van der Waals surface area contributed by atoms with Crippen molar-refractivity contribution in [3.8, 4) is 0 Å². The molecular formula is C17H23NO4. The molecule has 1 N–H and O–H groups in total. The van der Waals surface area contributed by atoms with Gasteiger partial charge in [-0.15, -0.1) is 0 Å². The summed E-state index contributed by atoms with van der Waals surface area (Å²) >= 11 is 0. The fourth-order valence-corrected chi connectivity index (χ4v) is 2.39. The highest BCUT2D eigenvalue weighted by molar-refractivity contribution is 5.68. The summed E-state index contributed by atoms with van der Waals surface area (Å²) in [4.78, 5) is 13.7. The molecule has 1 unspecified atom stereocenters. The second kappa shape index (κ2) is 7.84. The smallest absolute Gasteiger partial charge is 0.415 e. The molecule has 1 aromatic carbocycles. The van der Waals surface area contributed by atoms with Gasteiger partial charge in [0, 0.05) is 19.5 Å². The van der Waals surface area contributed by atoms with Gasteiger partial charge in [-0.2, -0.15) is 0 Å². The van der Waals surface area contributed by atoms with Crippen LogP contribution in [0.1, 0.15) is 38.4 Å². The maximum absolute atomic E-state index is 12.1. The number of ether oxygens (including phenoxy) is 2. The minimum atomic E-state index is -0.916. The zero-order chi connectivity index (χ0) is 15.9. The standard InChI is InChI=1S/C17H23NO4/c1-3-18(4-2)17(20)22-14-11-8-12-21-16(14)15(19)13-9-6-5-7-10-13/h5-7,9-10,15,19H,3-4,8,11-12H2,1-2H3. The zero-order valence-electron chi connectivity index (χ0n) is 13.1. The average molecular weight is 305 g/mol. The summed E-state index contributed by atoms with van der Waals surface area (Å²) in [6.45, 7) is 5.48. The number of amides is 1. The normalized spacial score (nSPS) is 16.0. The first-order chi connectivity index (χ1) is 10.7. The number of rotatable bonds is 5. The number of benzene rings is 1. The molecule has 0 saturated heterocycles. The summed E-state index contributed by atoms with van der Waals surface area (Å²) in [5, 5.41) is 10.5. The van der Waals surface area contributed by atoms with Crippen molar-refractivity contribution in [3.63, 3.8) is 0 Å². The van der Waals surface area contributed by atoms with Crippen LogP contribution in [0.2, 0.25) is 0 Å². The van der Waals surface area contributed by atoms with Gasteiger partial charge in [0.1, 0.15) is 6.10 Å². The SMILES string of the molecule is CCN(CC)C(=O)OC1=C(C(O)c2ccccc2)OCCC1. The van der Waals surface area contributed by atoms with Crippen LogP contribution in [-0.4, -0.2) is 35.8 Å². The van der Waals surface area contributed by atoms with E-state index in [1.807, 2.05) is 44.2 Å². The van der Waals surface area contributed by atoms with Crippen LogP contribution in [-0.2, 0) is 9.47 Å². The fraction of sp³-hybridized carbons (Fsp3) is 0.471. The molecule has 0 bridgehead atoms. The van der Waals surface area contributed by atoms with Gasteiger partial charge in [0.25, 0.3) is 0 Å². The van der Waals surface area contributed by atoms with Gasteiger partial charge >= 0.3 is 6.09 Å². The van der Waals surface area contributed by atoms with Gasteiger partial charge in [0.05, 0.1) is 6.61 Å².